The van der Waals surface area contributed by atoms with Crippen molar-refractivity contribution in [1.29, 1.82) is 0 Å². The summed E-state index contributed by atoms with van der Waals surface area (Å²) in [5.74, 6) is 0.267. The lowest BCUT2D eigenvalue weighted by atomic mass is 10.3. The lowest BCUT2D eigenvalue weighted by Gasteiger charge is -2.27. The van der Waals surface area contributed by atoms with Crippen LogP contribution < -0.4 is 19.7 Å². The van der Waals surface area contributed by atoms with Crippen molar-refractivity contribution in [2.45, 2.75) is 6.61 Å². The first kappa shape index (κ1) is 17.3. The van der Waals surface area contributed by atoms with Gasteiger partial charge in [0.25, 0.3) is 5.95 Å². The number of halogens is 1. The summed E-state index contributed by atoms with van der Waals surface area (Å²) in [5.41, 5.74) is 0.555. The molecule has 134 valence electrons. The van der Waals surface area contributed by atoms with Crippen LogP contribution in [0.1, 0.15) is 5.69 Å². The fraction of sp³-hybridized carbons (Fsp3) is 0.438. The number of pyridine rings is 1. The maximum atomic E-state index is 13.6. The van der Waals surface area contributed by atoms with Gasteiger partial charge in [-0.05, 0) is 12.1 Å². The molecule has 0 bridgehead atoms. The van der Waals surface area contributed by atoms with Gasteiger partial charge < -0.3 is 24.8 Å². The van der Waals surface area contributed by atoms with Crippen molar-refractivity contribution in [1.82, 2.24) is 20.3 Å². The third kappa shape index (κ3) is 4.74. The van der Waals surface area contributed by atoms with Crippen LogP contribution in [0, 0.1) is 5.95 Å². The Balaban J connectivity index is 1.77. The molecule has 0 aromatic carbocycles. The third-order valence-corrected chi connectivity index (χ3v) is 3.59. The second-order valence-corrected chi connectivity index (χ2v) is 5.39. The Kier molecular flexibility index (Phi) is 5.91. The van der Waals surface area contributed by atoms with Gasteiger partial charge >= 0.3 is 0 Å². The predicted octanol–water partition coefficient (Wildman–Crippen LogP) is 0.370. The standard InChI is InChI=1S/C16H20FN5O3/c17-15-13(2-1-3-19-15)25-11-12-10-14(24-9-8-23)21-16(20-12)22-6-4-18-5-7-22/h1-3,10,18,23H,4-9,11H2. The molecule has 3 heterocycles. The minimum Gasteiger partial charge on any atom is -0.482 e. The second-order valence-electron chi connectivity index (χ2n) is 5.39. The van der Waals surface area contributed by atoms with E-state index < -0.39 is 5.95 Å². The van der Waals surface area contributed by atoms with E-state index in [-0.39, 0.29) is 25.6 Å². The summed E-state index contributed by atoms with van der Waals surface area (Å²) in [5, 5.41) is 12.2. The molecule has 0 spiro atoms. The smallest absolute Gasteiger partial charge is 0.255 e. The van der Waals surface area contributed by atoms with E-state index in [4.69, 9.17) is 14.6 Å². The number of hydrogen-bond donors (Lipinski definition) is 2. The molecule has 0 unspecified atom stereocenters. The molecular formula is C16H20FN5O3. The number of rotatable bonds is 7. The minimum atomic E-state index is -0.671. The van der Waals surface area contributed by atoms with E-state index in [1.165, 1.54) is 12.3 Å². The van der Waals surface area contributed by atoms with Crippen LogP contribution in [0.15, 0.2) is 24.4 Å². The number of aliphatic hydroxyl groups excluding tert-OH is 1. The molecular weight excluding hydrogens is 329 g/mol. The van der Waals surface area contributed by atoms with Gasteiger partial charge in [-0.1, -0.05) is 0 Å². The molecule has 1 fully saturated rings. The Bertz CT molecular complexity index is 697. The van der Waals surface area contributed by atoms with Crippen LogP contribution in [-0.4, -0.2) is 59.5 Å². The molecule has 0 radical (unpaired) electrons. The highest BCUT2D eigenvalue weighted by atomic mass is 19.1. The number of nitrogens with one attached hydrogen (secondary N) is 1. The second kappa shape index (κ2) is 8.54. The normalized spacial score (nSPS) is 14.4. The average Bonchev–Trinajstić information content (AvgIpc) is 2.66. The molecule has 9 heteroatoms. The van der Waals surface area contributed by atoms with Crippen molar-refractivity contribution < 1.29 is 19.0 Å². The van der Waals surface area contributed by atoms with E-state index in [0.29, 0.717) is 17.5 Å². The Morgan fingerprint density at radius 3 is 2.84 bits per heavy atom. The number of piperazine rings is 1. The number of hydrogen-bond acceptors (Lipinski definition) is 8. The fourth-order valence-corrected chi connectivity index (χ4v) is 2.39. The number of ether oxygens (including phenoxy) is 2. The van der Waals surface area contributed by atoms with Crippen LogP contribution in [0.4, 0.5) is 10.3 Å². The highest BCUT2D eigenvalue weighted by Crippen LogP contribution is 2.19. The maximum Gasteiger partial charge on any atom is 0.255 e. The molecule has 2 aromatic heterocycles. The van der Waals surface area contributed by atoms with Crippen molar-refractivity contribution >= 4 is 5.95 Å². The summed E-state index contributed by atoms with van der Waals surface area (Å²) >= 11 is 0. The molecule has 1 saturated heterocycles. The monoisotopic (exact) mass is 349 g/mol. The zero-order valence-corrected chi connectivity index (χ0v) is 13.7. The minimum absolute atomic E-state index is 0.0553. The van der Waals surface area contributed by atoms with E-state index in [1.54, 1.807) is 12.1 Å². The first-order chi connectivity index (χ1) is 12.3. The first-order valence-electron chi connectivity index (χ1n) is 8.07. The maximum absolute atomic E-state index is 13.6. The van der Waals surface area contributed by atoms with Gasteiger partial charge in [-0.25, -0.2) is 9.97 Å². The molecule has 2 N–H and O–H groups in total. The van der Waals surface area contributed by atoms with Gasteiger partial charge in [0.05, 0.1) is 12.3 Å². The fourth-order valence-electron chi connectivity index (χ4n) is 2.39. The Morgan fingerprint density at radius 1 is 1.24 bits per heavy atom. The quantitative estimate of drug-likeness (QED) is 0.693. The van der Waals surface area contributed by atoms with Crippen LogP contribution >= 0.6 is 0 Å². The number of nitrogens with zero attached hydrogens (tertiary/aromatic N) is 4. The summed E-state index contributed by atoms with van der Waals surface area (Å²) in [6.07, 6.45) is 1.36. The molecule has 25 heavy (non-hydrogen) atoms. The molecule has 1 aliphatic rings. The van der Waals surface area contributed by atoms with Gasteiger partial charge in [0.2, 0.25) is 11.8 Å². The van der Waals surface area contributed by atoms with Gasteiger partial charge in [-0.15, -0.1) is 0 Å². The van der Waals surface area contributed by atoms with Crippen LogP contribution in [0.2, 0.25) is 0 Å². The van der Waals surface area contributed by atoms with Crippen molar-refractivity contribution in [3.63, 3.8) is 0 Å². The van der Waals surface area contributed by atoms with Gasteiger partial charge in [0.1, 0.15) is 13.2 Å². The molecule has 2 aromatic rings. The van der Waals surface area contributed by atoms with Crippen molar-refractivity contribution in [2.24, 2.45) is 0 Å². The molecule has 1 aliphatic heterocycles. The van der Waals surface area contributed by atoms with Gasteiger partial charge in [0, 0.05) is 38.4 Å². The van der Waals surface area contributed by atoms with Crippen molar-refractivity contribution in [2.75, 3.05) is 44.3 Å². The van der Waals surface area contributed by atoms with Gasteiger partial charge in [-0.3, -0.25) is 0 Å². The van der Waals surface area contributed by atoms with E-state index in [0.717, 1.165) is 26.2 Å². The lowest BCUT2D eigenvalue weighted by Crippen LogP contribution is -2.44. The molecule has 0 aliphatic carbocycles. The molecule has 0 saturated carbocycles. The third-order valence-electron chi connectivity index (χ3n) is 3.59. The Hall–Kier alpha value is -2.52. The summed E-state index contributed by atoms with van der Waals surface area (Å²) in [7, 11) is 0. The topological polar surface area (TPSA) is 92.6 Å². The van der Waals surface area contributed by atoms with E-state index in [9.17, 15) is 4.39 Å². The largest absolute Gasteiger partial charge is 0.482 e. The molecule has 0 amide bonds. The summed E-state index contributed by atoms with van der Waals surface area (Å²) in [6, 6.07) is 4.72. The van der Waals surface area contributed by atoms with Crippen LogP contribution in [0.3, 0.4) is 0 Å². The molecule has 0 atom stereocenters. The van der Waals surface area contributed by atoms with Gasteiger partial charge in [-0.2, -0.15) is 9.37 Å². The van der Waals surface area contributed by atoms with Crippen LogP contribution in [-0.2, 0) is 6.61 Å². The zero-order valence-electron chi connectivity index (χ0n) is 13.7. The average molecular weight is 349 g/mol. The zero-order chi connectivity index (χ0) is 17.5. The molecule has 8 nitrogen and oxygen atoms in total. The van der Waals surface area contributed by atoms with E-state index in [2.05, 4.69) is 20.3 Å². The van der Waals surface area contributed by atoms with E-state index >= 15 is 0 Å². The Morgan fingerprint density at radius 2 is 2.08 bits per heavy atom. The van der Waals surface area contributed by atoms with E-state index in [1.807, 2.05) is 4.90 Å². The SMILES string of the molecule is OCCOc1cc(COc2cccnc2F)nc(N2CCNCC2)n1. The highest BCUT2D eigenvalue weighted by molar-refractivity contribution is 5.35. The highest BCUT2D eigenvalue weighted by Gasteiger charge is 2.16. The Labute approximate surface area is 144 Å². The van der Waals surface area contributed by atoms with Crippen LogP contribution in [0.5, 0.6) is 11.6 Å². The van der Waals surface area contributed by atoms with Crippen molar-refractivity contribution in [3.8, 4) is 11.6 Å². The summed E-state index contributed by atoms with van der Waals surface area (Å²) in [6.45, 7) is 3.33. The lowest BCUT2D eigenvalue weighted by molar-refractivity contribution is 0.196. The number of aliphatic hydroxyl groups is 1. The summed E-state index contributed by atoms with van der Waals surface area (Å²) < 4.78 is 24.5. The summed E-state index contributed by atoms with van der Waals surface area (Å²) in [4.78, 5) is 14.5. The van der Waals surface area contributed by atoms with Crippen molar-refractivity contribution in [3.05, 3.63) is 36.0 Å². The predicted molar refractivity (Wildman–Crippen MR) is 88.2 cm³/mol. The number of anilines is 1. The number of aromatic nitrogens is 3. The van der Waals surface area contributed by atoms with Crippen LogP contribution in [0.25, 0.3) is 0 Å². The molecule has 3 rings (SSSR count). The van der Waals surface area contributed by atoms with Gasteiger partial charge in [0.15, 0.2) is 5.75 Å². The first-order valence-corrected chi connectivity index (χ1v) is 8.07.